The summed E-state index contributed by atoms with van der Waals surface area (Å²) in [6.07, 6.45) is 17.0. The maximum absolute atomic E-state index is 12.9. The van der Waals surface area contributed by atoms with E-state index >= 15 is 0 Å². The minimum atomic E-state index is -0.322. The fraction of sp³-hybridized carbons (Fsp3) is 0.656. The third kappa shape index (κ3) is 11.3. The van der Waals surface area contributed by atoms with E-state index in [1.54, 1.807) is 0 Å². The van der Waals surface area contributed by atoms with Gasteiger partial charge in [-0.2, -0.15) is 4.18 Å². The number of carbonyl (C=O) groups is 1. The van der Waals surface area contributed by atoms with Gasteiger partial charge in [0.15, 0.2) is 0 Å². The molecule has 0 bridgehead atoms. The van der Waals surface area contributed by atoms with Crippen LogP contribution in [0, 0.1) is 11.8 Å². The number of hydrogen-bond acceptors (Lipinski definition) is 4. The summed E-state index contributed by atoms with van der Waals surface area (Å²) < 4.78 is 11.7. The molecule has 0 heterocycles. The Morgan fingerprint density at radius 1 is 0.946 bits per heavy atom. The molecule has 1 fully saturated rings. The van der Waals surface area contributed by atoms with E-state index in [9.17, 15) is 4.79 Å². The van der Waals surface area contributed by atoms with Crippen LogP contribution in [0.4, 0.5) is 5.69 Å². The van der Waals surface area contributed by atoms with Gasteiger partial charge in [-0.25, -0.2) is 4.79 Å². The molecule has 0 aliphatic heterocycles. The molecule has 1 saturated carbocycles. The minimum Gasteiger partial charge on any atom is -0.464 e. The molecule has 0 saturated heterocycles. The molecule has 2 aromatic carbocycles. The number of esters is 1. The summed E-state index contributed by atoms with van der Waals surface area (Å²) >= 11 is 0.154. The monoisotopic (exact) mass is 528 g/mol. The van der Waals surface area contributed by atoms with Crippen LogP contribution >= 0.6 is 0 Å². The number of unbranched alkanes of at least 4 members (excludes halogenated alkanes) is 7. The number of anilines is 1. The highest BCUT2D eigenvalue weighted by atomic mass is 32.2. The molecule has 1 aliphatic rings. The molecule has 0 aromatic heterocycles. The number of fused-ring (bicyclic) bond motifs is 1. The van der Waals surface area contributed by atoms with E-state index in [4.69, 9.17) is 8.92 Å². The highest BCUT2D eigenvalue weighted by Crippen LogP contribution is 2.27. The van der Waals surface area contributed by atoms with Gasteiger partial charge in [-0.15, -0.1) is 0 Å². The first-order chi connectivity index (χ1) is 18.0. The second kappa shape index (κ2) is 17.0. The molecule has 3 rings (SSSR count). The van der Waals surface area contributed by atoms with Crippen LogP contribution in [-0.2, 0) is 24.9 Å². The fourth-order valence-electron chi connectivity index (χ4n) is 4.90. The lowest BCUT2D eigenvalue weighted by atomic mass is 9.86. The number of nitrogens with one attached hydrogen (secondary N) is 1. The lowest BCUT2D eigenvalue weighted by Crippen LogP contribution is -2.33. The van der Waals surface area contributed by atoms with Crippen molar-refractivity contribution in [3.8, 4) is 0 Å². The van der Waals surface area contributed by atoms with Crippen LogP contribution in [0.1, 0.15) is 90.9 Å². The first-order valence-electron chi connectivity index (χ1n) is 14.7. The Labute approximate surface area is 228 Å². The molecule has 37 heavy (non-hydrogen) atoms. The van der Waals surface area contributed by atoms with Crippen molar-refractivity contribution in [2.24, 2.45) is 11.8 Å². The van der Waals surface area contributed by atoms with Crippen molar-refractivity contribution in [1.82, 2.24) is 0 Å². The molecule has 2 atom stereocenters. The van der Waals surface area contributed by atoms with Crippen LogP contribution in [0.2, 0.25) is 0 Å². The first-order valence-corrected chi connectivity index (χ1v) is 16.4. The molecule has 2 aromatic rings. The van der Waals surface area contributed by atoms with Gasteiger partial charge < -0.3 is 10.1 Å². The number of hydrogen-bond donors (Lipinski definition) is 1. The van der Waals surface area contributed by atoms with E-state index in [1.807, 2.05) is 24.3 Å². The van der Waals surface area contributed by atoms with Crippen LogP contribution in [0.15, 0.2) is 42.5 Å². The molecule has 1 aliphatic carbocycles. The van der Waals surface area contributed by atoms with Gasteiger partial charge in [0.05, 0.1) is 6.61 Å². The van der Waals surface area contributed by atoms with E-state index in [-0.39, 0.29) is 23.2 Å². The van der Waals surface area contributed by atoms with Gasteiger partial charge >= 0.3 is 5.97 Å². The molecule has 0 amide bonds. The summed E-state index contributed by atoms with van der Waals surface area (Å²) in [5.74, 6) is 2.36. The Balaban J connectivity index is 1.23. The lowest BCUT2D eigenvalue weighted by Gasteiger charge is -2.23. The summed E-state index contributed by atoms with van der Waals surface area (Å²) in [6, 6.07) is 14.1. The van der Waals surface area contributed by atoms with E-state index in [0.717, 1.165) is 42.9 Å². The SMILES string of the molecule is CC(C)C[C@H](Nc1cccc2ccccc12)C(=O)OCCCCCCCCCC[S+](C)OCC1CCC1. The fourth-order valence-corrected chi connectivity index (χ4v) is 6.05. The summed E-state index contributed by atoms with van der Waals surface area (Å²) in [6.45, 7) is 5.81. The zero-order valence-electron chi connectivity index (χ0n) is 23.5. The van der Waals surface area contributed by atoms with Crippen LogP contribution in [0.3, 0.4) is 0 Å². The maximum Gasteiger partial charge on any atom is 0.328 e. The molecule has 0 spiro atoms. The van der Waals surface area contributed by atoms with Crippen molar-refractivity contribution < 1.29 is 13.7 Å². The van der Waals surface area contributed by atoms with Gasteiger partial charge in [0.2, 0.25) is 0 Å². The maximum atomic E-state index is 12.9. The number of carbonyl (C=O) groups excluding carboxylic acids is 1. The lowest BCUT2D eigenvalue weighted by molar-refractivity contribution is -0.145. The average molecular weight is 529 g/mol. The number of benzene rings is 2. The molecule has 1 N–H and O–H groups in total. The molecular weight excluding hydrogens is 478 g/mol. The summed E-state index contributed by atoms with van der Waals surface area (Å²) in [7, 11) is 0. The molecule has 1 unspecified atom stereocenters. The van der Waals surface area contributed by atoms with Crippen molar-refractivity contribution in [2.75, 3.05) is 30.5 Å². The van der Waals surface area contributed by atoms with E-state index < -0.39 is 0 Å². The zero-order chi connectivity index (χ0) is 26.3. The predicted octanol–water partition coefficient (Wildman–Crippen LogP) is 8.31. The molecule has 4 nitrogen and oxygen atoms in total. The Hall–Kier alpha value is -1.72. The van der Waals surface area contributed by atoms with Gasteiger partial charge in [-0.3, -0.25) is 0 Å². The second-order valence-corrected chi connectivity index (χ2v) is 13.0. The summed E-state index contributed by atoms with van der Waals surface area (Å²) in [4.78, 5) is 12.9. The quantitative estimate of drug-likeness (QED) is 0.113. The zero-order valence-corrected chi connectivity index (χ0v) is 24.3. The van der Waals surface area contributed by atoms with Crippen molar-refractivity contribution in [3.05, 3.63) is 42.5 Å². The van der Waals surface area contributed by atoms with Crippen LogP contribution in [-0.4, -0.2) is 37.2 Å². The van der Waals surface area contributed by atoms with Gasteiger partial charge in [-0.1, -0.05) is 88.8 Å². The molecule has 206 valence electrons. The van der Waals surface area contributed by atoms with E-state index in [0.29, 0.717) is 12.5 Å². The normalized spacial score (nSPS) is 15.5. The summed E-state index contributed by atoms with van der Waals surface area (Å²) in [5, 5.41) is 5.79. The molecular formula is C32H50NO3S+. The second-order valence-electron chi connectivity index (χ2n) is 11.2. The van der Waals surface area contributed by atoms with Crippen LogP contribution in [0.5, 0.6) is 0 Å². The van der Waals surface area contributed by atoms with Gasteiger partial charge in [0.25, 0.3) is 0 Å². The van der Waals surface area contributed by atoms with Crippen molar-refractivity contribution >= 4 is 33.6 Å². The highest BCUT2D eigenvalue weighted by molar-refractivity contribution is 7.91. The van der Waals surface area contributed by atoms with Crippen LogP contribution in [0.25, 0.3) is 10.8 Å². The standard InChI is InChI=1S/C32H50NO3S/c1-26(2)24-31(33-30-21-15-19-28-18-10-11-20-29(28)30)32(34)35-22-12-8-6-4-5-7-9-13-23-37(3)36-25-27-16-14-17-27/h10-11,15,18-21,26-27,31,33H,4-9,12-14,16-17,22-25H2,1-3H3/q+1/t31-,37?/m0/s1. The third-order valence-corrected chi connectivity index (χ3v) is 8.81. The number of rotatable bonds is 19. The number of ether oxygens (including phenoxy) is 1. The Kier molecular flexibility index (Phi) is 13.7. The largest absolute Gasteiger partial charge is 0.464 e. The summed E-state index contributed by atoms with van der Waals surface area (Å²) in [5.41, 5.74) is 0.997. The van der Waals surface area contributed by atoms with Crippen LogP contribution < -0.4 is 5.32 Å². The highest BCUT2D eigenvalue weighted by Gasteiger charge is 2.23. The smallest absolute Gasteiger partial charge is 0.328 e. The minimum absolute atomic E-state index is 0.131. The molecule has 5 heteroatoms. The van der Waals surface area contributed by atoms with Gasteiger partial charge in [0.1, 0.15) is 35.8 Å². The molecule has 0 radical (unpaired) electrons. The topological polar surface area (TPSA) is 47.6 Å². The van der Waals surface area contributed by atoms with Crippen molar-refractivity contribution in [3.63, 3.8) is 0 Å². The van der Waals surface area contributed by atoms with Gasteiger partial charge in [0, 0.05) is 11.1 Å². The van der Waals surface area contributed by atoms with E-state index in [2.05, 4.69) is 43.6 Å². The van der Waals surface area contributed by atoms with Crippen molar-refractivity contribution in [1.29, 1.82) is 0 Å². The Morgan fingerprint density at radius 3 is 2.32 bits per heavy atom. The Bertz CT molecular complexity index is 909. The van der Waals surface area contributed by atoms with E-state index in [1.165, 1.54) is 68.9 Å². The van der Waals surface area contributed by atoms with Gasteiger partial charge in [-0.05, 0) is 61.8 Å². The Morgan fingerprint density at radius 2 is 1.62 bits per heavy atom. The first kappa shape index (κ1) is 29.8. The average Bonchev–Trinajstić information content (AvgIpc) is 2.85. The third-order valence-electron chi connectivity index (χ3n) is 7.41. The van der Waals surface area contributed by atoms with Crippen molar-refractivity contribution in [2.45, 2.75) is 96.9 Å². The predicted molar refractivity (Wildman–Crippen MR) is 160 cm³/mol.